The number of carboxylic acid groups (broad SMARTS) is 2. The Balaban J connectivity index is 1.17. The first-order valence-electron chi connectivity index (χ1n) is 21.0. The summed E-state index contributed by atoms with van der Waals surface area (Å²) in [5, 5.41) is 21.4. The highest BCUT2D eigenvalue weighted by Gasteiger charge is 2.18. The summed E-state index contributed by atoms with van der Waals surface area (Å²) in [4.78, 5) is 33.2. The van der Waals surface area contributed by atoms with Crippen molar-refractivity contribution in [2.24, 2.45) is 0 Å². The van der Waals surface area contributed by atoms with E-state index in [2.05, 4.69) is 139 Å². The first-order valence-corrected chi connectivity index (χ1v) is 22.7. The lowest BCUT2D eigenvalue weighted by atomic mass is 9.86. The molecule has 314 valence electrons. The van der Waals surface area contributed by atoms with E-state index in [1.165, 1.54) is 11.1 Å². The molecule has 0 aliphatic rings. The predicted octanol–water partition coefficient (Wildman–Crippen LogP) is 14.1. The van der Waals surface area contributed by atoms with Crippen molar-refractivity contribution in [3.63, 3.8) is 0 Å². The van der Waals surface area contributed by atoms with Crippen LogP contribution in [0.5, 0.6) is 0 Å². The minimum absolute atomic E-state index is 0.740. The van der Waals surface area contributed by atoms with Gasteiger partial charge in [0.15, 0.2) is 0 Å². The molecule has 0 fully saturated rings. The highest BCUT2D eigenvalue weighted by atomic mass is 32.1. The average Bonchev–Trinajstić information content (AvgIpc) is 4.06. The predicted molar refractivity (Wildman–Crippen MR) is 265 cm³/mol. The molecule has 6 nitrogen and oxygen atoms in total. The van der Waals surface area contributed by atoms with Crippen LogP contribution in [0.15, 0.2) is 187 Å². The molecule has 2 aromatic heterocycles. The van der Waals surface area contributed by atoms with Gasteiger partial charge in [-0.2, -0.15) is 0 Å². The maximum atomic E-state index is 11.3. The third kappa shape index (κ3) is 10.6. The second kappa shape index (κ2) is 20.6. The lowest BCUT2D eigenvalue weighted by molar-refractivity contribution is -0.132. The first kappa shape index (κ1) is 43.1. The SMILES string of the molecule is CC/C(=C(/c1ccc(/C=C/C(=O)O)cc1)c1cccc(-c2ncc(CC/C(=C(/c3ccc(/C=C/C(=O)O)cc3)c3cccc(-c4cscn4)c3)c3ccccc3)s2)c1)c1ccccc1. The molecule has 6 aromatic carbocycles. The number of aryl methyl sites for hydroxylation is 1. The van der Waals surface area contributed by atoms with Crippen molar-refractivity contribution in [1.82, 2.24) is 9.97 Å². The molecular weight excluding hydrogens is 829 g/mol. The molecule has 0 atom stereocenters. The Morgan fingerprint density at radius 1 is 0.562 bits per heavy atom. The van der Waals surface area contributed by atoms with Gasteiger partial charge in [0.05, 0.1) is 11.2 Å². The number of carbonyl (C=O) groups is 2. The molecule has 8 heteroatoms. The van der Waals surface area contributed by atoms with Crippen molar-refractivity contribution in [3.8, 4) is 21.8 Å². The Bertz CT molecular complexity index is 3000. The van der Waals surface area contributed by atoms with Gasteiger partial charge in [-0.1, -0.05) is 153 Å². The van der Waals surface area contributed by atoms with Crippen molar-refractivity contribution in [1.29, 1.82) is 0 Å². The molecule has 0 saturated carbocycles. The quantitative estimate of drug-likeness (QED) is 0.0741. The van der Waals surface area contributed by atoms with Crippen molar-refractivity contribution < 1.29 is 19.8 Å². The van der Waals surface area contributed by atoms with Crippen LogP contribution in [-0.4, -0.2) is 32.1 Å². The molecule has 2 N–H and O–H groups in total. The fraction of sp³-hybridized carbons (Fsp3) is 0.0714. The lowest BCUT2D eigenvalue weighted by Gasteiger charge is -2.18. The number of benzene rings is 6. The monoisotopic (exact) mass is 872 g/mol. The van der Waals surface area contributed by atoms with Crippen LogP contribution in [0.25, 0.3) is 56.3 Å². The van der Waals surface area contributed by atoms with Crippen LogP contribution in [0.1, 0.15) is 69.2 Å². The molecule has 0 bridgehead atoms. The standard InChI is InChI=1S/C56H44N2O4S2/c1-2-49(40-11-5-3-6-12-40)54(42-25-19-38(20-26-42)23-31-52(59)60)46-17-10-18-47(34-46)56-57-35-48(64-56)29-30-50(41-13-7-4-8-14-41)55(43-27-21-39(22-28-43)24-32-53(61)62)45-16-9-15-44(33-45)51-36-63-37-58-51/h3-28,31-37H,2,29-30H2,1H3,(H,59,60)(H,61,62)/b31-23+,32-24+,54-49+,55-50+. The Labute approximate surface area is 381 Å². The zero-order chi connectivity index (χ0) is 44.3. The van der Waals surface area contributed by atoms with Crippen LogP contribution in [0.3, 0.4) is 0 Å². The van der Waals surface area contributed by atoms with Gasteiger partial charge in [-0.15, -0.1) is 22.7 Å². The molecule has 0 unspecified atom stereocenters. The number of aliphatic carboxylic acids is 2. The van der Waals surface area contributed by atoms with E-state index in [4.69, 9.17) is 4.98 Å². The van der Waals surface area contributed by atoms with Crippen molar-refractivity contribution >= 4 is 69.1 Å². The van der Waals surface area contributed by atoms with Gasteiger partial charge in [0.25, 0.3) is 0 Å². The Morgan fingerprint density at radius 2 is 1.08 bits per heavy atom. The number of hydrogen-bond donors (Lipinski definition) is 2. The summed E-state index contributed by atoms with van der Waals surface area (Å²) in [5.74, 6) is -1.97. The van der Waals surface area contributed by atoms with Crippen LogP contribution in [0.4, 0.5) is 0 Å². The number of rotatable bonds is 16. The number of aromatic nitrogens is 2. The van der Waals surface area contributed by atoms with Gasteiger partial charge >= 0.3 is 11.9 Å². The average molecular weight is 873 g/mol. The number of nitrogens with zero attached hydrogens (tertiary/aromatic N) is 2. The van der Waals surface area contributed by atoms with E-state index >= 15 is 0 Å². The number of hydrogen-bond acceptors (Lipinski definition) is 6. The maximum absolute atomic E-state index is 11.3. The van der Waals surface area contributed by atoms with Crippen LogP contribution >= 0.6 is 22.7 Å². The number of thiazole rings is 2. The van der Waals surface area contributed by atoms with E-state index in [-0.39, 0.29) is 0 Å². The van der Waals surface area contributed by atoms with Gasteiger partial charge in [-0.25, -0.2) is 19.6 Å². The van der Waals surface area contributed by atoms with Gasteiger partial charge in [-0.3, -0.25) is 0 Å². The summed E-state index contributed by atoms with van der Waals surface area (Å²) < 4.78 is 0. The second-order valence-corrected chi connectivity index (χ2v) is 16.9. The molecule has 0 amide bonds. The summed E-state index contributed by atoms with van der Waals surface area (Å²) in [6.07, 6.45) is 9.85. The van der Waals surface area contributed by atoms with Crippen LogP contribution < -0.4 is 0 Å². The van der Waals surface area contributed by atoms with Gasteiger partial charge in [0.1, 0.15) is 5.01 Å². The van der Waals surface area contributed by atoms with Gasteiger partial charge < -0.3 is 10.2 Å². The summed E-state index contributed by atoms with van der Waals surface area (Å²) in [6.45, 7) is 2.18. The molecule has 0 saturated heterocycles. The first-order chi connectivity index (χ1) is 31.3. The molecule has 0 aliphatic carbocycles. The van der Waals surface area contributed by atoms with Crippen molar-refractivity contribution in [3.05, 3.63) is 236 Å². The van der Waals surface area contributed by atoms with Gasteiger partial charge in [0.2, 0.25) is 0 Å². The van der Waals surface area contributed by atoms with E-state index in [0.29, 0.717) is 0 Å². The van der Waals surface area contributed by atoms with Crippen LogP contribution in [-0.2, 0) is 16.0 Å². The molecule has 0 radical (unpaired) electrons. The molecule has 64 heavy (non-hydrogen) atoms. The molecule has 0 aliphatic heterocycles. The van der Waals surface area contributed by atoms with Crippen LogP contribution in [0, 0.1) is 0 Å². The number of allylic oxidation sites excluding steroid dienone is 2. The maximum Gasteiger partial charge on any atom is 0.328 e. The normalized spacial score (nSPS) is 12.3. The fourth-order valence-corrected chi connectivity index (χ4v) is 9.38. The largest absolute Gasteiger partial charge is 0.478 e. The Kier molecular flexibility index (Phi) is 13.9. The highest BCUT2D eigenvalue weighted by Crippen LogP contribution is 2.40. The Morgan fingerprint density at radius 3 is 1.61 bits per heavy atom. The van der Waals surface area contributed by atoms with Crippen LogP contribution in [0.2, 0.25) is 0 Å². The smallest absolute Gasteiger partial charge is 0.328 e. The summed E-state index contributed by atoms with van der Waals surface area (Å²) in [6, 6.07) is 54.2. The summed E-state index contributed by atoms with van der Waals surface area (Å²) in [5.41, 5.74) is 17.6. The fourth-order valence-electron chi connectivity index (χ4n) is 7.91. The highest BCUT2D eigenvalue weighted by molar-refractivity contribution is 7.15. The van der Waals surface area contributed by atoms with Crippen molar-refractivity contribution in [2.75, 3.05) is 0 Å². The zero-order valence-electron chi connectivity index (χ0n) is 35.1. The third-order valence-electron chi connectivity index (χ3n) is 10.9. The molecule has 8 rings (SSSR count). The van der Waals surface area contributed by atoms with E-state index in [0.717, 1.165) is 114 Å². The zero-order valence-corrected chi connectivity index (χ0v) is 36.7. The van der Waals surface area contributed by atoms with Crippen molar-refractivity contribution in [2.45, 2.75) is 26.2 Å². The Hall–Kier alpha value is -7.52. The van der Waals surface area contributed by atoms with E-state index < -0.39 is 11.9 Å². The molecule has 2 heterocycles. The van der Waals surface area contributed by atoms with Gasteiger partial charge in [0, 0.05) is 39.7 Å². The number of carboxylic acids is 2. The third-order valence-corrected chi connectivity index (χ3v) is 12.6. The molecular formula is C56H44N2O4S2. The molecule has 0 spiro atoms. The minimum Gasteiger partial charge on any atom is -0.478 e. The second-order valence-electron chi connectivity index (χ2n) is 15.0. The van der Waals surface area contributed by atoms with E-state index in [9.17, 15) is 19.8 Å². The molecule has 8 aromatic rings. The summed E-state index contributed by atoms with van der Waals surface area (Å²) in [7, 11) is 0. The van der Waals surface area contributed by atoms with E-state index in [1.807, 2.05) is 48.1 Å². The van der Waals surface area contributed by atoms with Gasteiger partial charge in [-0.05, 0) is 110 Å². The van der Waals surface area contributed by atoms with E-state index in [1.54, 1.807) is 34.8 Å². The lowest BCUT2D eigenvalue weighted by Crippen LogP contribution is -1.98. The summed E-state index contributed by atoms with van der Waals surface area (Å²) >= 11 is 3.28. The topological polar surface area (TPSA) is 100 Å². The minimum atomic E-state index is -0.986.